The van der Waals surface area contributed by atoms with Crippen LogP contribution >= 0.6 is 0 Å². The Kier molecular flexibility index (Phi) is 23.6. The van der Waals surface area contributed by atoms with E-state index in [0.29, 0.717) is 0 Å². The molecule has 0 saturated carbocycles. The Labute approximate surface area is 259 Å². The highest BCUT2D eigenvalue weighted by atomic mass is 16.5. The molecule has 2 aromatic carbocycles. The number of aryl methyl sites for hydroxylation is 2. The third-order valence-electron chi connectivity index (χ3n) is 7.12. The molecule has 0 radical (unpaired) electrons. The molecule has 0 heterocycles. The van der Waals surface area contributed by atoms with Crippen molar-refractivity contribution in [3.05, 3.63) is 47.5 Å². The molecule has 0 amide bonds. The smallest absolute Gasteiger partial charge is 0.123 e. The molecule has 0 saturated heterocycles. The topological polar surface area (TPSA) is 36.9 Å². The highest BCUT2D eigenvalue weighted by Crippen LogP contribution is 2.24. The number of hydrogen-bond acceptors (Lipinski definition) is 4. The van der Waals surface area contributed by atoms with Crippen molar-refractivity contribution < 1.29 is 18.9 Å². The average molecular weight is 585 g/mol. The molecule has 0 spiro atoms. The lowest BCUT2D eigenvalue weighted by atomic mass is 10.2. The fraction of sp³-hybridized carbons (Fsp3) is 0.684. The molecule has 240 valence electrons. The van der Waals surface area contributed by atoms with E-state index >= 15 is 0 Å². The van der Waals surface area contributed by atoms with Gasteiger partial charge in [0, 0.05) is 12.1 Å². The SMILES string of the molecule is CCCCCCOc1cc(C)cc(OCCCCCC)c1.CCCCCCOc1cc(C)cc(OCCCCCC)c1. The average Bonchev–Trinajstić information content (AvgIpc) is 2.97. The summed E-state index contributed by atoms with van der Waals surface area (Å²) in [5, 5.41) is 0. The molecule has 0 unspecified atom stereocenters. The van der Waals surface area contributed by atoms with Gasteiger partial charge in [0.05, 0.1) is 26.4 Å². The van der Waals surface area contributed by atoms with E-state index in [1.807, 2.05) is 12.1 Å². The van der Waals surface area contributed by atoms with Crippen molar-refractivity contribution in [3.63, 3.8) is 0 Å². The Morgan fingerprint density at radius 3 is 0.786 bits per heavy atom. The number of benzene rings is 2. The first-order chi connectivity index (χ1) is 20.5. The van der Waals surface area contributed by atoms with Crippen LogP contribution in [-0.2, 0) is 0 Å². The largest absolute Gasteiger partial charge is 0.493 e. The van der Waals surface area contributed by atoms with Crippen LogP contribution in [0.15, 0.2) is 36.4 Å². The van der Waals surface area contributed by atoms with Gasteiger partial charge in [-0.2, -0.15) is 0 Å². The standard InChI is InChI=1S/2C19H32O2/c2*1-4-6-8-10-12-20-18-14-17(3)15-19(16-18)21-13-11-9-7-5-2/h2*14-16H,4-13H2,1-3H3. The molecule has 0 aromatic heterocycles. The Hall–Kier alpha value is -2.36. The number of hydrogen-bond donors (Lipinski definition) is 0. The second-order valence-electron chi connectivity index (χ2n) is 11.6. The predicted octanol–water partition coefficient (Wildman–Crippen LogP) is 11.8. The third-order valence-corrected chi connectivity index (χ3v) is 7.12. The van der Waals surface area contributed by atoms with Crippen molar-refractivity contribution in [3.8, 4) is 23.0 Å². The van der Waals surface area contributed by atoms with Crippen molar-refractivity contribution in [2.45, 2.75) is 144 Å². The highest BCUT2D eigenvalue weighted by molar-refractivity contribution is 5.38. The number of rotatable bonds is 24. The van der Waals surface area contributed by atoms with E-state index in [1.54, 1.807) is 0 Å². The molecule has 4 nitrogen and oxygen atoms in total. The van der Waals surface area contributed by atoms with Crippen molar-refractivity contribution in [2.24, 2.45) is 0 Å². The molecular formula is C38H64O4. The maximum Gasteiger partial charge on any atom is 0.123 e. The number of unbranched alkanes of at least 4 members (excludes halogenated alkanes) is 12. The Morgan fingerprint density at radius 1 is 0.333 bits per heavy atom. The van der Waals surface area contributed by atoms with Gasteiger partial charge in [0.15, 0.2) is 0 Å². The van der Waals surface area contributed by atoms with Crippen molar-refractivity contribution in [1.82, 2.24) is 0 Å². The molecule has 0 atom stereocenters. The first-order valence-electron chi connectivity index (χ1n) is 17.3. The monoisotopic (exact) mass is 584 g/mol. The zero-order valence-corrected chi connectivity index (χ0v) is 28.2. The molecule has 0 aliphatic rings. The Bertz CT molecular complexity index is 757. The van der Waals surface area contributed by atoms with E-state index in [9.17, 15) is 0 Å². The first kappa shape index (κ1) is 37.7. The molecule has 0 fully saturated rings. The van der Waals surface area contributed by atoms with Gasteiger partial charge in [-0.15, -0.1) is 0 Å². The van der Waals surface area contributed by atoms with Gasteiger partial charge in [0.25, 0.3) is 0 Å². The van der Waals surface area contributed by atoms with Crippen LogP contribution in [0.2, 0.25) is 0 Å². The van der Waals surface area contributed by atoms with Crippen LogP contribution in [-0.4, -0.2) is 26.4 Å². The normalized spacial score (nSPS) is 10.6. The fourth-order valence-electron chi connectivity index (χ4n) is 4.64. The molecule has 2 aromatic rings. The summed E-state index contributed by atoms with van der Waals surface area (Å²) in [6, 6.07) is 12.4. The molecule has 0 aliphatic carbocycles. The number of ether oxygens (including phenoxy) is 4. The van der Waals surface area contributed by atoms with Crippen LogP contribution in [0.5, 0.6) is 23.0 Å². The van der Waals surface area contributed by atoms with Crippen LogP contribution in [0.1, 0.15) is 142 Å². The minimum atomic E-state index is 0.805. The van der Waals surface area contributed by atoms with E-state index in [1.165, 1.54) is 88.2 Å². The lowest BCUT2D eigenvalue weighted by Crippen LogP contribution is -2.00. The van der Waals surface area contributed by atoms with Gasteiger partial charge in [0.2, 0.25) is 0 Å². The maximum absolute atomic E-state index is 5.84. The van der Waals surface area contributed by atoms with E-state index in [-0.39, 0.29) is 0 Å². The third kappa shape index (κ3) is 20.5. The summed E-state index contributed by atoms with van der Waals surface area (Å²) in [6.45, 7) is 16.3. The highest BCUT2D eigenvalue weighted by Gasteiger charge is 2.03. The van der Waals surface area contributed by atoms with Gasteiger partial charge in [-0.3, -0.25) is 0 Å². The van der Waals surface area contributed by atoms with Crippen LogP contribution in [0, 0.1) is 13.8 Å². The van der Waals surface area contributed by atoms with Gasteiger partial charge < -0.3 is 18.9 Å². The zero-order chi connectivity index (χ0) is 30.7. The van der Waals surface area contributed by atoms with Gasteiger partial charge in [-0.25, -0.2) is 0 Å². The van der Waals surface area contributed by atoms with Gasteiger partial charge in [0.1, 0.15) is 23.0 Å². The second kappa shape index (κ2) is 26.3. The fourth-order valence-corrected chi connectivity index (χ4v) is 4.64. The first-order valence-corrected chi connectivity index (χ1v) is 17.3. The van der Waals surface area contributed by atoms with Crippen LogP contribution in [0.3, 0.4) is 0 Å². The molecule has 0 N–H and O–H groups in total. The maximum atomic E-state index is 5.84. The Balaban J connectivity index is 0.000000420. The van der Waals surface area contributed by atoms with E-state index in [0.717, 1.165) is 75.1 Å². The van der Waals surface area contributed by atoms with E-state index in [2.05, 4.69) is 65.8 Å². The van der Waals surface area contributed by atoms with Gasteiger partial charge in [-0.05, 0) is 74.9 Å². The molecule has 0 aliphatic heterocycles. The van der Waals surface area contributed by atoms with Crippen molar-refractivity contribution in [2.75, 3.05) is 26.4 Å². The summed E-state index contributed by atoms with van der Waals surface area (Å²) in [5.41, 5.74) is 2.40. The molecule has 4 heteroatoms. The lowest BCUT2D eigenvalue weighted by molar-refractivity contribution is 0.289. The summed E-state index contributed by atoms with van der Waals surface area (Å²) in [4.78, 5) is 0. The molecule has 42 heavy (non-hydrogen) atoms. The van der Waals surface area contributed by atoms with Crippen LogP contribution in [0.25, 0.3) is 0 Å². The van der Waals surface area contributed by atoms with Crippen molar-refractivity contribution >= 4 is 0 Å². The zero-order valence-electron chi connectivity index (χ0n) is 28.2. The molecular weight excluding hydrogens is 520 g/mol. The summed E-state index contributed by atoms with van der Waals surface area (Å²) < 4.78 is 23.4. The minimum Gasteiger partial charge on any atom is -0.493 e. The quantitative estimate of drug-likeness (QED) is 0.115. The lowest BCUT2D eigenvalue weighted by Gasteiger charge is -2.11. The van der Waals surface area contributed by atoms with Crippen LogP contribution < -0.4 is 18.9 Å². The van der Waals surface area contributed by atoms with Crippen molar-refractivity contribution in [1.29, 1.82) is 0 Å². The Morgan fingerprint density at radius 2 is 0.571 bits per heavy atom. The van der Waals surface area contributed by atoms with E-state index < -0.39 is 0 Å². The van der Waals surface area contributed by atoms with Crippen LogP contribution in [0.4, 0.5) is 0 Å². The minimum absolute atomic E-state index is 0.805. The molecule has 0 bridgehead atoms. The summed E-state index contributed by atoms with van der Waals surface area (Å²) >= 11 is 0. The van der Waals surface area contributed by atoms with Gasteiger partial charge in [-0.1, -0.05) is 105 Å². The molecule has 2 rings (SSSR count). The summed E-state index contributed by atoms with van der Waals surface area (Å²) in [6.07, 6.45) is 19.8. The van der Waals surface area contributed by atoms with Gasteiger partial charge >= 0.3 is 0 Å². The summed E-state index contributed by atoms with van der Waals surface area (Å²) in [5.74, 6) is 3.76. The second-order valence-corrected chi connectivity index (χ2v) is 11.6. The summed E-state index contributed by atoms with van der Waals surface area (Å²) in [7, 11) is 0. The van der Waals surface area contributed by atoms with E-state index in [4.69, 9.17) is 18.9 Å². The predicted molar refractivity (Wildman–Crippen MR) is 181 cm³/mol.